The molecule has 0 saturated carbocycles. The number of carbonyl (C=O) groups excluding carboxylic acids is 1. The number of fused-ring (bicyclic) bond motifs is 3. The maximum absolute atomic E-state index is 12.1. The summed E-state index contributed by atoms with van der Waals surface area (Å²) in [5.41, 5.74) is 5.00. The Hall–Kier alpha value is -2.33. The number of nitrogens with two attached hydrogens (primary N) is 1. The molecule has 4 rings (SSSR count). The van der Waals surface area contributed by atoms with Gasteiger partial charge in [-0.15, -0.1) is 0 Å². The van der Waals surface area contributed by atoms with Gasteiger partial charge in [0, 0.05) is 5.92 Å². The summed E-state index contributed by atoms with van der Waals surface area (Å²) in [5.74, 6) is 0.126. The molecule has 0 bridgehead atoms. The molecule has 4 nitrogen and oxygen atoms in total. The highest BCUT2D eigenvalue weighted by Gasteiger charge is 2.29. The van der Waals surface area contributed by atoms with Gasteiger partial charge in [0.1, 0.15) is 6.61 Å². The van der Waals surface area contributed by atoms with Crippen LogP contribution in [0.15, 0.2) is 48.5 Å². The number of benzene rings is 2. The first-order valence-corrected chi connectivity index (χ1v) is 8.76. The molecule has 1 saturated heterocycles. The third-order valence-corrected chi connectivity index (χ3v) is 5.08. The monoisotopic (exact) mass is 323 g/mol. The van der Waals surface area contributed by atoms with Gasteiger partial charge < -0.3 is 15.4 Å². The largest absolute Gasteiger partial charge is 0.449 e. The van der Waals surface area contributed by atoms with Crippen molar-refractivity contribution in [3.05, 3.63) is 59.7 Å². The van der Waals surface area contributed by atoms with E-state index in [9.17, 15) is 4.79 Å². The van der Waals surface area contributed by atoms with E-state index >= 15 is 0 Å². The zero-order valence-corrected chi connectivity index (χ0v) is 13.7. The van der Waals surface area contributed by atoms with Crippen LogP contribution in [0.3, 0.4) is 0 Å². The zero-order chi connectivity index (χ0) is 16.4. The lowest BCUT2D eigenvalue weighted by Crippen LogP contribution is -2.89. The lowest BCUT2D eigenvalue weighted by atomic mass is 9.98. The minimum Gasteiger partial charge on any atom is -0.449 e. The van der Waals surface area contributed by atoms with E-state index in [4.69, 9.17) is 4.74 Å². The Morgan fingerprint density at radius 3 is 2.38 bits per heavy atom. The quantitative estimate of drug-likeness (QED) is 0.910. The van der Waals surface area contributed by atoms with Gasteiger partial charge in [-0.2, -0.15) is 0 Å². The summed E-state index contributed by atoms with van der Waals surface area (Å²) in [7, 11) is 0. The maximum atomic E-state index is 12.1. The molecule has 1 amide bonds. The summed E-state index contributed by atoms with van der Waals surface area (Å²) in [6, 6.07) is 17.0. The van der Waals surface area contributed by atoms with Crippen molar-refractivity contribution in [2.24, 2.45) is 0 Å². The fourth-order valence-corrected chi connectivity index (χ4v) is 3.88. The molecule has 0 unspecified atom stereocenters. The number of nitrogens with one attached hydrogen (secondary N) is 1. The van der Waals surface area contributed by atoms with Crippen molar-refractivity contribution in [2.75, 3.05) is 19.7 Å². The van der Waals surface area contributed by atoms with Crippen molar-refractivity contribution < 1.29 is 14.8 Å². The van der Waals surface area contributed by atoms with Crippen molar-refractivity contribution in [3.63, 3.8) is 0 Å². The second kappa shape index (κ2) is 6.65. The summed E-state index contributed by atoms with van der Waals surface area (Å²) in [5, 5.41) is 5.25. The molecule has 1 heterocycles. The predicted octanol–water partition coefficient (Wildman–Crippen LogP) is 2.25. The molecule has 1 aliphatic heterocycles. The van der Waals surface area contributed by atoms with Gasteiger partial charge in [0.2, 0.25) is 0 Å². The van der Waals surface area contributed by atoms with Gasteiger partial charge in [0.05, 0.1) is 19.1 Å². The highest BCUT2D eigenvalue weighted by Crippen LogP contribution is 2.44. The van der Waals surface area contributed by atoms with Crippen LogP contribution in [-0.4, -0.2) is 31.8 Å². The average Bonchev–Trinajstić information content (AvgIpc) is 2.95. The van der Waals surface area contributed by atoms with Gasteiger partial charge >= 0.3 is 6.09 Å². The molecular weight excluding hydrogens is 300 g/mol. The van der Waals surface area contributed by atoms with Crippen LogP contribution < -0.4 is 10.6 Å². The highest BCUT2D eigenvalue weighted by atomic mass is 16.5. The molecule has 124 valence electrons. The van der Waals surface area contributed by atoms with E-state index in [2.05, 4.69) is 59.2 Å². The van der Waals surface area contributed by atoms with Crippen molar-refractivity contribution in [1.82, 2.24) is 5.32 Å². The third-order valence-electron chi connectivity index (χ3n) is 5.08. The predicted molar refractivity (Wildman–Crippen MR) is 92.9 cm³/mol. The van der Waals surface area contributed by atoms with Crippen LogP contribution in [-0.2, 0) is 4.74 Å². The van der Waals surface area contributed by atoms with E-state index in [1.165, 1.54) is 22.3 Å². The summed E-state index contributed by atoms with van der Waals surface area (Å²) in [6.07, 6.45) is 1.90. The first kappa shape index (κ1) is 15.2. The van der Waals surface area contributed by atoms with Gasteiger partial charge in [0.25, 0.3) is 0 Å². The number of rotatable bonds is 3. The van der Waals surface area contributed by atoms with Gasteiger partial charge in [-0.05, 0) is 35.1 Å². The van der Waals surface area contributed by atoms with Gasteiger partial charge in [0.15, 0.2) is 0 Å². The van der Waals surface area contributed by atoms with Crippen molar-refractivity contribution in [2.45, 2.75) is 24.8 Å². The minimum absolute atomic E-state index is 0.126. The maximum Gasteiger partial charge on any atom is 0.407 e. The van der Waals surface area contributed by atoms with Crippen molar-refractivity contribution in [1.29, 1.82) is 0 Å². The standard InChI is InChI=1S/C20H22N2O2/c23-20(22-14-6-5-11-21-12-14)24-13-19-17-9-3-1-7-15(17)16-8-2-4-10-18(16)19/h1-4,7-10,14,19,21H,5-6,11-13H2,(H,22,23)/p+1/t14-/m1/s1. The average molecular weight is 323 g/mol. The van der Waals surface area contributed by atoms with E-state index < -0.39 is 0 Å². The first-order valence-electron chi connectivity index (χ1n) is 8.76. The number of hydrogen-bond acceptors (Lipinski definition) is 2. The van der Waals surface area contributed by atoms with Crippen molar-refractivity contribution >= 4 is 6.09 Å². The lowest BCUT2D eigenvalue weighted by molar-refractivity contribution is -0.664. The summed E-state index contributed by atoms with van der Waals surface area (Å²) in [6.45, 7) is 2.49. The van der Waals surface area contributed by atoms with Crippen LogP contribution in [0.4, 0.5) is 4.79 Å². The molecule has 2 aromatic rings. The molecule has 1 atom stereocenters. The van der Waals surface area contributed by atoms with E-state index in [1.807, 2.05) is 0 Å². The molecule has 0 radical (unpaired) electrons. The topological polar surface area (TPSA) is 54.9 Å². The van der Waals surface area contributed by atoms with E-state index in [1.54, 1.807) is 0 Å². The summed E-state index contributed by atoms with van der Waals surface area (Å²) in [4.78, 5) is 12.1. The number of piperidine rings is 1. The normalized spacial score (nSPS) is 19.4. The smallest absolute Gasteiger partial charge is 0.407 e. The molecule has 2 aliphatic rings. The number of amides is 1. The van der Waals surface area contributed by atoms with Gasteiger partial charge in [-0.25, -0.2) is 4.79 Å². The fraction of sp³-hybridized carbons (Fsp3) is 0.350. The number of alkyl carbamates (subject to hydrolysis) is 1. The SMILES string of the molecule is O=C(N[C@@H]1CCC[NH2+]C1)OCC1c2ccccc2-c2ccccc21. The van der Waals surface area contributed by atoms with E-state index in [0.29, 0.717) is 6.61 Å². The number of hydrogen-bond donors (Lipinski definition) is 2. The molecule has 24 heavy (non-hydrogen) atoms. The lowest BCUT2D eigenvalue weighted by Gasteiger charge is -2.21. The molecule has 2 aromatic carbocycles. The highest BCUT2D eigenvalue weighted by molar-refractivity contribution is 5.79. The molecule has 0 spiro atoms. The summed E-state index contributed by atoms with van der Waals surface area (Å²) >= 11 is 0. The van der Waals surface area contributed by atoms with Crippen LogP contribution in [0.25, 0.3) is 11.1 Å². The number of ether oxygens (including phenoxy) is 1. The van der Waals surface area contributed by atoms with Gasteiger partial charge in [-0.3, -0.25) is 0 Å². The minimum atomic E-state index is -0.294. The first-order chi connectivity index (χ1) is 11.8. The molecule has 1 aliphatic carbocycles. The number of quaternary nitrogens is 1. The van der Waals surface area contributed by atoms with Crippen molar-refractivity contribution in [3.8, 4) is 11.1 Å². The van der Waals surface area contributed by atoms with Crippen LogP contribution in [0.5, 0.6) is 0 Å². The Morgan fingerprint density at radius 2 is 1.75 bits per heavy atom. The fourth-order valence-electron chi connectivity index (χ4n) is 3.88. The molecule has 4 heteroatoms. The third kappa shape index (κ3) is 2.89. The molecule has 3 N–H and O–H groups in total. The van der Waals surface area contributed by atoms with Crippen LogP contribution >= 0.6 is 0 Å². The second-order valence-corrected chi connectivity index (χ2v) is 6.62. The van der Waals surface area contributed by atoms with Crippen LogP contribution in [0.1, 0.15) is 29.9 Å². The Kier molecular flexibility index (Phi) is 4.22. The Morgan fingerprint density at radius 1 is 1.08 bits per heavy atom. The van der Waals surface area contributed by atoms with Crippen LogP contribution in [0, 0.1) is 0 Å². The van der Waals surface area contributed by atoms with E-state index in [-0.39, 0.29) is 18.1 Å². The molecule has 0 aromatic heterocycles. The zero-order valence-electron chi connectivity index (χ0n) is 13.7. The molecular formula is C20H23N2O2+. The van der Waals surface area contributed by atoms with Gasteiger partial charge in [-0.1, -0.05) is 48.5 Å². The number of carbonyl (C=O) groups is 1. The second-order valence-electron chi connectivity index (χ2n) is 6.62. The van der Waals surface area contributed by atoms with Crippen LogP contribution in [0.2, 0.25) is 0 Å². The Labute approximate surface area is 142 Å². The van der Waals surface area contributed by atoms with E-state index in [0.717, 1.165) is 25.9 Å². The molecule has 1 fully saturated rings. The summed E-state index contributed by atoms with van der Waals surface area (Å²) < 4.78 is 5.58. The Bertz CT molecular complexity index is 692. The Balaban J connectivity index is 1.45.